The average molecular weight is 420 g/mol. The first-order chi connectivity index (χ1) is 15.0. The quantitative estimate of drug-likeness (QED) is 0.421. The van der Waals surface area contributed by atoms with Crippen LogP contribution in [-0.4, -0.2) is 47.3 Å². The molecule has 0 atom stereocenters. The number of hydrogen-bond donors (Lipinski definition) is 1. The van der Waals surface area contributed by atoms with Gasteiger partial charge in [-0.25, -0.2) is 4.79 Å². The number of urea groups is 1. The van der Waals surface area contributed by atoms with E-state index < -0.39 is 17.5 Å². The third-order valence-electron chi connectivity index (χ3n) is 5.92. The number of amides is 3. The molecule has 1 saturated carbocycles. The van der Waals surface area contributed by atoms with Crippen LogP contribution >= 0.6 is 0 Å². The van der Waals surface area contributed by atoms with E-state index in [0.717, 1.165) is 28.9 Å². The largest absolute Gasteiger partial charge is 0.457 e. The number of ketones is 1. The summed E-state index contributed by atoms with van der Waals surface area (Å²) >= 11 is 0. The number of nitrogens with zero attached hydrogens (tertiary/aromatic N) is 1. The number of carbonyl (C=O) groups is 4. The van der Waals surface area contributed by atoms with Gasteiger partial charge in [0, 0.05) is 12.1 Å². The first-order valence-corrected chi connectivity index (χ1v) is 10.5. The monoisotopic (exact) mass is 420 g/mol. The van der Waals surface area contributed by atoms with Crippen molar-refractivity contribution in [1.82, 2.24) is 10.2 Å². The zero-order valence-electron chi connectivity index (χ0n) is 17.1. The van der Waals surface area contributed by atoms with Crippen molar-refractivity contribution in [3.05, 3.63) is 60.2 Å². The lowest BCUT2D eigenvalue weighted by molar-refractivity contribution is -0.143. The summed E-state index contributed by atoms with van der Waals surface area (Å²) in [6.07, 6.45) is 2.92. The van der Waals surface area contributed by atoms with Crippen molar-refractivity contribution >= 4 is 23.7 Å². The summed E-state index contributed by atoms with van der Waals surface area (Å²) < 4.78 is 5.06. The lowest BCUT2D eigenvalue weighted by atomic mass is 9.98. The van der Waals surface area contributed by atoms with E-state index >= 15 is 0 Å². The second-order valence-electron chi connectivity index (χ2n) is 7.95. The van der Waals surface area contributed by atoms with E-state index in [1.54, 1.807) is 12.1 Å². The molecular formula is C24H24N2O5. The molecule has 0 bridgehead atoms. The SMILES string of the molecule is O=C(CCN1C(=O)NC2(CCCC2)C1=O)OCC(=O)c1ccc(-c2ccccc2)cc1. The molecule has 4 rings (SSSR count). The van der Waals surface area contributed by atoms with Gasteiger partial charge in [-0.3, -0.25) is 19.3 Å². The van der Waals surface area contributed by atoms with Gasteiger partial charge in [-0.05, 0) is 24.0 Å². The molecule has 1 saturated heterocycles. The van der Waals surface area contributed by atoms with E-state index in [2.05, 4.69) is 5.32 Å². The summed E-state index contributed by atoms with van der Waals surface area (Å²) in [5.74, 6) is -1.20. The fourth-order valence-corrected chi connectivity index (χ4v) is 4.18. The van der Waals surface area contributed by atoms with E-state index in [0.29, 0.717) is 18.4 Å². The van der Waals surface area contributed by atoms with Crippen LogP contribution in [0.3, 0.4) is 0 Å². The van der Waals surface area contributed by atoms with Crippen LogP contribution in [0.15, 0.2) is 54.6 Å². The Morgan fingerprint density at radius 1 is 0.935 bits per heavy atom. The zero-order chi connectivity index (χ0) is 21.8. The van der Waals surface area contributed by atoms with Crippen LogP contribution < -0.4 is 5.32 Å². The van der Waals surface area contributed by atoms with Crippen molar-refractivity contribution in [3.8, 4) is 11.1 Å². The number of nitrogens with one attached hydrogen (secondary N) is 1. The zero-order valence-corrected chi connectivity index (χ0v) is 17.1. The molecule has 1 aliphatic heterocycles. The maximum absolute atomic E-state index is 12.6. The van der Waals surface area contributed by atoms with Crippen LogP contribution in [0.25, 0.3) is 11.1 Å². The van der Waals surface area contributed by atoms with Gasteiger partial charge < -0.3 is 10.1 Å². The highest BCUT2D eigenvalue weighted by Gasteiger charge is 2.52. The Bertz CT molecular complexity index is 994. The molecule has 1 N–H and O–H groups in total. The van der Waals surface area contributed by atoms with E-state index in [1.165, 1.54) is 0 Å². The predicted octanol–water partition coefficient (Wildman–Crippen LogP) is 3.33. The Morgan fingerprint density at radius 2 is 1.58 bits per heavy atom. The van der Waals surface area contributed by atoms with Gasteiger partial charge in [-0.2, -0.15) is 0 Å². The molecular weight excluding hydrogens is 396 g/mol. The van der Waals surface area contributed by atoms with E-state index in [-0.39, 0.29) is 31.3 Å². The number of imide groups is 1. The lowest BCUT2D eigenvalue weighted by Crippen LogP contribution is -2.44. The number of carbonyl (C=O) groups excluding carboxylic acids is 4. The Balaban J connectivity index is 1.26. The molecule has 2 fully saturated rings. The Hall–Kier alpha value is -3.48. The highest BCUT2D eigenvalue weighted by molar-refractivity contribution is 6.07. The van der Waals surface area contributed by atoms with Crippen LogP contribution in [0.4, 0.5) is 4.79 Å². The molecule has 7 heteroatoms. The van der Waals surface area contributed by atoms with Crippen LogP contribution in [0, 0.1) is 0 Å². The summed E-state index contributed by atoms with van der Waals surface area (Å²) in [7, 11) is 0. The number of hydrogen-bond acceptors (Lipinski definition) is 5. The standard InChI is InChI=1S/C24H24N2O5/c27-20(19-10-8-18(9-11-19)17-6-2-1-3-7-17)16-31-21(28)12-15-26-22(29)24(25-23(26)30)13-4-5-14-24/h1-3,6-11H,4-5,12-16H2,(H,25,30). The van der Waals surface area contributed by atoms with E-state index in [9.17, 15) is 19.2 Å². The lowest BCUT2D eigenvalue weighted by Gasteiger charge is -2.19. The fourth-order valence-electron chi connectivity index (χ4n) is 4.18. The third-order valence-corrected chi connectivity index (χ3v) is 5.92. The van der Waals surface area contributed by atoms with E-state index in [4.69, 9.17) is 4.74 Å². The van der Waals surface area contributed by atoms with Crippen LogP contribution in [0.2, 0.25) is 0 Å². The topological polar surface area (TPSA) is 92.8 Å². The van der Waals surface area contributed by atoms with Gasteiger partial charge in [-0.1, -0.05) is 67.4 Å². The summed E-state index contributed by atoms with van der Waals surface area (Å²) in [6, 6.07) is 16.4. The minimum Gasteiger partial charge on any atom is -0.457 e. The smallest absolute Gasteiger partial charge is 0.325 e. The molecule has 0 radical (unpaired) electrons. The molecule has 1 heterocycles. The molecule has 0 unspecified atom stereocenters. The summed E-state index contributed by atoms with van der Waals surface area (Å²) in [5, 5.41) is 2.77. The minimum atomic E-state index is -0.789. The van der Waals surface area contributed by atoms with Gasteiger partial charge in [0.2, 0.25) is 0 Å². The number of rotatable bonds is 7. The molecule has 31 heavy (non-hydrogen) atoms. The number of esters is 1. The highest BCUT2D eigenvalue weighted by atomic mass is 16.5. The minimum absolute atomic E-state index is 0.0504. The second-order valence-corrected chi connectivity index (χ2v) is 7.95. The molecule has 7 nitrogen and oxygen atoms in total. The van der Waals surface area contributed by atoms with Crippen molar-refractivity contribution in [2.75, 3.05) is 13.2 Å². The summed E-state index contributed by atoms with van der Waals surface area (Å²) in [5.41, 5.74) is 1.70. The van der Waals surface area contributed by atoms with Crippen LogP contribution in [0.5, 0.6) is 0 Å². The van der Waals surface area contributed by atoms with Crippen molar-refractivity contribution in [2.24, 2.45) is 0 Å². The van der Waals surface area contributed by atoms with Gasteiger partial charge in [-0.15, -0.1) is 0 Å². The van der Waals surface area contributed by atoms with Gasteiger partial charge >= 0.3 is 12.0 Å². The molecule has 0 aromatic heterocycles. The normalized spacial score (nSPS) is 17.1. The molecule has 3 amide bonds. The first-order valence-electron chi connectivity index (χ1n) is 10.5. The third kappa shape index (κ3) is 4.35. The van der Waals surface area contributed by atoms with Crippen molar-refractivity contribution in [1.29, 1.82) is 0 Å². The van der Waals surface area contributed by atoms with Gasteiger partial charge in [0.05, 0.1) is 6.42 Å². The number of ether oxygens (including phenoxy) is 1. The predicted molar refractivity (Wildman–Crippen MR) is 113 cm³/mol. The second kappa shape index (κ2) is 8.71. The molecule has 1 aliphatic carbocycles. The van der Waals surface area contributed by atoms with Crippen LogP contribution in [0.1, 0.15) is 42.5 Å². The Labute approximate surface area is 180 Å². The number of benzene rings is 2. The number of Topliss-reactive ketones (excluding diaryl/α,β-unsaturated/α-hetero) is 1. The Kier molecular flexibility index (Phi) is 5.84. The first kappa shape index (κ1) is 20.8. The summed E-state index contributed by atoms with van der Waals surface area (Å²) in [6.45, 7) is -0.432. The highest BCUT2D eigenvalue weighted by Crippen LogP contribution is 2.35. The Morgan fingerprint density at radius 3 is 2.26 bits per heavy atom. The molecule has 2 aliphatic rings. The molecule has 2 aromatic carbocycles. The molecule has 1 spiro atoms. The van der Waals surface area contributed by atoms with Crippen molar-refractivity contribution < 1.29 is 23.9 Å². The maximum atomic E-state index is 12.6. The maximum Gasteiger partial charge on any atom is 0.325 e. The fraction of sp³-hybridized carbons (Fsp3) is 0.333. The van der Waals surface area contributed by atoms with Gasteiger partial charge in [0.25, 0.3) is 5.91 Å². The van der Waals surface area contributed by atoms with Crippen molar-refractivity contribution in [2.45, 2.75) is 37.6 Å². The van der Waals surface area contributed by atoms with Gasteiger partial charge in [0.15, 0.2) is 12.4 Å². The van der Waals surface area contributed by atoms with Crippen molar-refractivity contribution in [3.63, 3.8) is 0 Å². The average Bonchev–Trinajstić information content (AvgIpc) is 3.36. The van der Waals surface area contributed by atoms with Gasteiger partial charge in [0.1, 0.15) is 5.54 Å². The molecule has 160 valence electrons. The van der Waals surface area contributed by atoms with E-state index in [1.807, 2.05) is 42.5 Å². The van der Waals surface area contributed by atoms with Crippen LogP contribution in [-0.2, 0) is 14.3 Å². The molecule has 2 aromatic rings. The summed E-state index contributed by atoms with van der Waals surface area (Å²) in [4.78, 5) is 50.2.